The number of primary amides is 1. The molecule has 0 spiro atoms. The second-order valence-corrected chi connectivity index (χ2v) is 6.76. The molecule has 0 aromatic rings. The van der Waals surface area contributed by atoms with E-state index >= 15 is 0 Å². The van der Waals surface area contributed by atoms with Crippen LogP contribution in [0.25, 0.3) is 0 Å². The van der Waals surface area contributed by atoms with Gasteiger partial charge in [-0.25, -0.2) is 0 Å². The first-order valence-electron chi connectivity index (χ1n) is 2.20. The zero-order valence-electron chi connectivity index (χ0n) is 5.10. The summed E-state index contributed by atoms with van der Waals surface area (Å²) >= 11 is 10.4. The van der Waals surface area contributed by atoms with Gasteiger partial charge < -0.3 is 5.73 Å². The highest BCUT2D eigenvalue weighted by atomic mass is 35.7. The van der Waals surface area contributed by atoms with Crippen LogP contribution in [0, 0.1) is 0 Å². The fourth-order valence-corrected chi connectivity index (χ4v) is 0. The normalized spacial score (nSPS) is 7.56. The molecule has 0 bridgehead atoms. The summed E-state index contributed by atoms with van der Waals surface area (Å²) in [6.07, 6.45) is 1.06. The lowest BCUT2D eigenvalue weighted by atomic mass is 10.6. The Morgan fingerprint density at radius 2 is 1.89 bits per heavy atom. The van der Waals surface area contributed by atoms with Gasteiger partial charge in [0, 0.05) is 0 Å². The molecule has 0 aliphatic carbocycles. The van der Waals surface area contributed by atoms with Crippen molar-refractivity contribution in [2.24, 2.45) is 5.73 Å². The van der Waals surface area contributed by atoms with Crippen LogP contribution < -0.4 is 5.73 Å². The zero-order chi connectivity index (χ0) is 7.86. The Hall–Kier alpha value is 0.00688. The summed E-state index contributed by atoms with van der Waals surface area (Å²) in [5.41, 5.74) is 4.53. The van der Waals surface area contributed by atoms with Crippen molar-refractivity contribution in [2.75, 3.05) is 0 Å². The Morgan fingerprint density at radius 3 is 1.89 bits per heavy atom. The fourth-order valence-electron chi connectivity index (χ4n) is 0. The predicted molar refractivity (Wildman–Crippen MR) is 44.1 cm³/mol. The van der Waals surface area contributed by atoms with E-state index in [4.69, 9.17) is 22.2 Å². The first kappa shape index (κ1) is 11.8. The van der Waals surface area contributed by atoms with E-state index in [0.717, 1.165) is 6.08 Å². The lowest BCUT2D eigenvalue weighted by molar-refractivity contribution is -0.113. The average Bonchev–Trinajstić information content (AvgIpc) is 1.65. The predicted octanol–water partition coefficient (Wildman–Crippen LogP) is 0.972. The molecule has 2 N–H and O–H groups in total. The number of hydrogen-bond donors (Lipinski definition) is 1. The molecule has 0 rings (SSSR count). The van der Waals surface area contributed by atoms with Gasteiger partial charge in [-0.1, -0.05) is 6.58 Å². The molecule has 0 aliphatic heterocycles. The third-order valence-corrected chi connectivity index (χ3v) is 0.201. The smallest absolute Gasteiger partial charge is 0.240 e. The van der Waals surface area contributed by atoms with Crippen molar-refractivity contribution in [3.05, 3.63) is 12.7 Å². The van der Waals surface area contributed by atoms with Crippen LogP contribution in [0.4, 0.5) is 0 Å². The lowest BCUT2D eigenvalue weighted by Crippen LogP contribution is -2.04. The van der Waals surface area contributed by atoms with E-state index in [0.29, 0.717) is 0 Å². The number of rotatable bonds is 1. The van der Waals surface area contributed by atoms with E-state index in [9.17, 15) is 4.79 Å². The summed E-state index contributed by atoms with van der Waals surface area (Å²) in [4.78, 5) is 9.47. The average molecular weight is 186 g/mol. The Balaban J connectivity index is 0. The van der Waals surface area contributed by atoms with Gasteiger partial charge in [-0.2, -0.15) is 22.2 Å². The summed E-state index contributed by atoms with van der Waals surface area (Å²) in [6, 6.07) is 0. The Labute approximate surface area is 65.6 Å². The first-order valence-corrected chi connectivity index (χ1v) is 6.85. The highest BCUT2D eigenvalue weighted by molar-refractivity contribution is 7.33. The van der Waals surface area contributed by atoms with Crippen LogP contribution in [0.5, 0.6) is 0 Å². The van der Waals surface area contributed by atoms with E-state index in [1.54, 1.807) is 0 Å². The van der Waals surface area contributed by atoms with Gasteiger partial charge in [-0.3, -0.25) is 4.79 Å². The molecule has 54 valence electrons. The third kappa shape index (κ3) is 71.7. The largest absolute Gasteiger partial charge is 0.366 e. The molecule has 0 heterocycles. The summed E-state index contributed by atoms with van der Waals surface area (Å²) in [5.74, 6) is -0.481. The summed E-state index contributed by atoms with van der Waals surface area (Å²) in [6.45, 7) is 4.92. The van der Waals surface area contributed by atoms with E-state index in [-0.39, 0.29) is 0 Å². The number of nitrogens with two attached hydrogens (primary N) is 1. The molecule has 0 saturated carbocycles. The van der Waals surface area contributed by atoms with E-state index in [1.807, 2.05) is 6.55 Å². The molecular formula is C4H9Cl2NOSi. The number of hydrogen-bond acceptors (Lipinski definition) is 1. The lowest BCUT2D eigenvalue weighted by Gasteiger charge is -1.68. The molecule has 0 aromatic carbocycles. The van der Waals surface area contributed by atoms with Gasteiger partial charge in [0.25, 0.3) is 0 Å². The van der Waals surface area contributed by atoms with Crippen LogP contribution in [0.2, 0.25) is 6.55 Å². The Bertz CT molecular complexity index is 93.8. The van der Waals surface area contributed by atoms with Crippen molar-refractivity contribution in [3.63, 3.8) is 0 Å². The minimum absolute atomic E-state index is 0.481. The fraction of sp³-hybridized carbons (Fsp3) is 0.250. The van der Waals surface area contributed by atoms with Gasteiger partial charge >= 0.3 is 0 Å². The van der Waals surface area contributed by atoms with E-state index in [2.05, 4.69) is 12.3 Å². The number of carbonyl (C=O) groups is 1. The van der Waals surface area contributed by atoms with Gasteiger partial charge in [-0.05, 0) is 12.6 Å². The molecule has 0 aromatic heterocycles. The van der Waals surface area contributed by atoms with Crippen LogP contribution >= 0.6 is 22.2 Å². The highest BCUT2D eigenvalue weighted by Crippen LogP contribution is 1.89. The molecule has 0 atom stereocenters. The molecular weight excluding hydrogens is 177 g/mol. The minimum atomic E-state index is -1.19. The first-order chi connectivity index (χ1) is 4.00. The van der Waals surface area contributed by atoms with Gasteiger partial charge in [0.05, 0.1) is 0 Å². The summed E-state index contributed by atoms with van der Waals surface area (Å²) in [5, 5.41) is 0. The molecule has 9 heavy (non-hydrogen) atoms. The second-order valence-electron chi connectivity index (χ2n) is 1.13. The molecule has 1 amide bonds. The summed E-state index contributed by atoms with van der Waals surface area (Å²) in [7, 11) is -1.19. The maximum absolute atomic E-state index is 9.47. The van der Waals surface area contributed by atoms with E-state index < -0.39 is 13.3 Å². The van der Waals surface area contributed by atoms with Gasteiger partial charge in [0.2, 0.25) is 13.3 Å². The van der Waals surface area contributed by atoms with Gasteiger partial charge in [0.1, 0.15) is 0 Å². The maximum Gasteiger partial charge on any atom is 0.240 e. The summed E-state index contributed by atoms with van der Waals surface area (Å²) < 4.78 is 0. The zero-order valence-corrected chi connectivity index (χ0v) is 7.77. The molecule has 5 heteroatoms. The topological polar surface area (TPSA) is 43.1 Å². The number of halogens is 2. The van der Waals surface area contributed by atoms with Crippen LogP contribution in [-0.4, -0.2) is 13.3 Å². The second kappa shape index (κ2) is 8.01. The number of amides is 1. The van der Waals surface area contributed by atoms with Gasteiger partial charge in [-0.15, -0.1) is 0 Å². The number of carbonyl (C=O) groups excluding carboxylic acids is 1. The Morgan fingerprint density at radius 1 is 1.78 bits per heavy atom. The SMILES string of the molecule is C=CC(N)=O.C[SiH](Cl)Cl. The molecule has 0 fully saturated rings. The van der Waals surface area contributed by atoms with Crippen molar-refractivity contribution in [1.29, 1.82) is 0 Å². The van der Waals surface area contributed by atoms with E-state index in [1.165, 1.54) is 0 Å². The third-order valence-electron chi connectivity index (χ3n) is 0.201. The molecule has 0 radical (unpaired) electrons. The highest BCUT2D eigenvalue weighted by Gasteiger charge is 1.80. The van der Waals surface area contributed by atoms with Crippen molar-refractivity contribution in [3.8, 4) is 0 Å². The van der Waals surface area contributed by atoms with Crippen molar-refractivity contribution < 1.29 is 4.79 Å². The standard InChI is InChI=1S/C3H5NO.CH4Cl2Si/c1-2-3(4)5;1-4(2)3/h2H,1H2,(H2,4,5);4H,1H3. The quantitative estimate of drug-likeness (QED) is 0.370. The minimum Gasteiger partial charge on any atom is -0.366 e. The molecule has 0 unspecified atom stereocenters. The Kier molecular flexibility index (Phi) is 10.5. The maximum atomic E-state index is 9.47. The van der Waals surface area contributed by atoms with Crippen molar-refractivity contribution >= 4 is 35.5 Å². The molecule has 2 nitrogen and oxygen atoms in total. The van der Waals surface area contributed by atoms with Crippen LogP contribution in [0.1, 0.15) is 0 Å². The molecule has 0 aliphatic rings. The van der Waals surface area contributed by atoms with Gasteiger partial charge in [0.15, 0.2) is 0 Å². The van der Waals surface area contributed by atoms with Crippen molar-refractivity contribution in [2.45, 2.75) is 6.55 Å². The van der Waals surface area contributed by atoms with Crippen LogP contribution in [-0.2, 0) is 4.79 Å². The van der Waals surface area contributed by atoms with Crippen molar-refractivity contribution in [1.82, 2.24) is 0 Å². The molecule has 0 saturated heterocycles. The van der Waals surface area contributed by atoms with Crippen LogP contribution in [0.3, 0.4) is 0 Å². The van der Waals surface area contributed by atoms with Crippen LogP contribution in [0.15, 0.2) is 12.7 Å². The monoisotopic (exact) mass is 185 g/mol.